The first-order valence-electron chi connectivity index (χ1n) is 28.6. The van der Waals surface area contributed by atoms with Gasteiger partial charge in [0.25, 0.3) is 0 Å². The van der Waals surface area contributed by atoms with Crippen LogP contribution in [0.15, 0.2) is 109 Å². The van der Waals surface area contributed by atoms with Gasteiger partial charge in [-0.25, -0.2) is 0 Å². The van der Waals surface area contributed by atoms with Gasteiger partial charge in [-0.15, -0.1) is 0 Å². The molecule has 1 amide bonds. The van der Waals surface area contributed by atoms with Gasteiger partial charge in [-0.2, -0.15) is 0 Å². The van der Waals surface area contributed by atoms with Gasteiger partial charge in [0.15, 0.2) is 12.6 Å². The summed E-state index contributed by atoms with van der Waals surface area (Å²) in [5.74, 6) is -0.287. The van der Waals surface area contributed by atoms with Crippen LogP contribution in [0, 0.1) is 0 Å². The Bertz CT molecular complexity index is 1670. The Morgan fingerprint density at radius 3 is 1.47 bits per heavy atom. The Kier molecular flexibility index (Phi) is 41.2. The van der Waals surface area contributed by atoms with Crippen LogP contribution in [-0.4, -0.2) is 140 Å². The van der Waals surface area contributed by atoms with Crippen molar-refractivity contribution in [2.45, 2.75) is 248 Å². The van der Waals surface area contributed by atoms with E-state index in [1.54, 1.807) is 6.08 Å². The van der Waals surface area contributed by atoms with E-state index in [1.807, 2.05) is 6.08 Å². The van der Waals surface area contributed by atoms with E-state index < -0.39 is 86.8 Å². The zero-order valence-electron chi connectivity index (χ0n) is 45.7. The molecule has 0 aliphatic carbocycles. The van der Waals surface area contributed by atoms with Gasteiger partial charge in [0.2, 0.25) is 5.91 Å². The largest absolute Gasteiger partial charge is 0.394 e. The second-order valence-corrected chi connectivity index (χ2v) is 19.7. The molecule has 2 saturated heterocycles. The van der Waals surface area contributed by atoms with Crippen molar-refractivity contribution in [3.8, 4) is 0 Å². The first kappa shape index (κ1) is 67.8. The molecule has 12 atom stereocenters. The lowest BCUT2D eigenvalue weighted by atomic mass is 9.97. The highest BCUT2D eigenvalue weighted by Gasteiger charge is 2.51. The zero-order valence-corrected chi connectivity index (χ0v) is 45.7. The SMILES string of the molecule is CC/C=C\C/C=C\C/C=C\C/C=C\C/C=C\C/C=C\C/C=C\CCCCCC(=O)NC(COC1OC(CO)C(OC2OC(CO)C(O)C(O)C2O)C(O)C1O)C(O)/C=C/CC/C=C/CCCCCCCCCCCC. The number of hydrogen-bond donors (Lipinski definition) is 9. The van der Waals surface area contributed by atoms with Gasteiger partial charge in [0, 0.05) is 6.42 Å². The van der Waals surface area contributed by atoms with Gasteiger partial charge < -0.3 is 65.1 Å². The molecule has 0 spiro atoms. The van der Waals surface area contributed by atoms with Crippen molar-refractivity contribution in [1.29, 1.82) is 0 Å². The normalized spacial score (nSPS) is 25.9. The van der Waals surface area contributed by atoms with E-state index in [0.717, 1.165) is 77.0 Å². The number of ether oxygens (including phenoxy) is 4. The van der Waals surface area contributed by atoms with Gasteiger partial charge in [0.1, 0.15) is 48.8 Å². The third-order valence-electron chi connectivity index (χ3n) is 13.2. The summed E-state index contributed by atoms with van der Waals surface area (Å²) in [4.78, 5) is 13.2. The Morgan fingerprint density at radius 1 is 0.493 bits per heavy atom. The quantitative estimate of drug-likeness (QED) is 0.0205. The summed E-state index contributed by atoms with van der Waals surface area (Å²) in [5, 5.41) is 86.9. The maximum Gasteiger partial charge on any atom is 0.220 e. The number of aliphatic hydroxyl groups is 8. The van der Waals surface area contributed by atoms with Crippen LogP contribution in [-0.2, 0) is 23.7 Å². The lowest BCUT2D eigenvalue weighted by Gasteiger charge is -2.46. The van der Waals surface area contributed by atoms with Crippen molar-refractivity contribution in [3.05, 3.63) is 109 Å². The van der Waals surface area contributed by atoms with Gasteiger partial charge in [0.05, 0.1) is 32.0 Å². The van der Waals surface area contributed by atoms with E-state index in [2.05, 4.69) is 116 Å². The first-order valence-corrected chi connectivity index (χ1v) is 28.6. The minimum atomic E-state index is -1.80. The summed E-state index contributed by atoms with van der Waals surface area (Å²) in [5.41, 5.74) is 0. The van der Waals surface area contributed by atoms with E-state index in [1.165, 1.54) is 64.2 Å². The average Bonchev–Trinajstić information content (AvgIpc) is 3.41. The van der Waals surface area contributed by atoms with Crippen molar-refractivity contribution in [2.75, 3.05) is 19.8 Å². The van der Waals surface area contributed by atoms with E-state index in [-0.39, 0.29) is 18.9 Å². The second-order valence-electron chi connectivity index (χ2n) is 19.7. The summed E-state index contributed by atoms with van der Waals surface area (Å²) < 4.78 is 22.7. The highest BCUT2D eigenvalue weighted by atomic mass is 16.7. The van der Waals surface area contributed by atoms with Crippen LogP contribution in [0.2, 0.25) is 0 Å². The number of aliphatic hydroxyl groups excluding tert-OH is 8. The summed E-state index contributed by atoms with van der Waals surface area (Å²) >= 11 is 0. The van der Waals surface area contributed by atoms with Gasteiger partial charge in [-0.3, -0.25) is 4.79 Å². The lowest BCUT2D eigenvalue weighted by molar-refractivity contribution is -0.359. The molecule has 2 heterocycles. The fourth-order valence-electron chi connectivity index (χ4n) is 8.58. The number of carbonyl (C=O) groups is 1. The van der Waals surface area contributed by atoms with Crippen LogP contribution >= 0.6 is 0 Å². The highest BCUT2D eigenvalue weighted by molar-refractivity contribution is 5.76. The van der Waals surface area contributed by atoms with Crippen LogP contribution in [0.1, 0.15) is 174 Å². The monoisotopic (exact) mass is 1060 g/mol. The third-order valence-corrected chi connectivity index (χ3v) is 13.2. The maximum atomic E-state index is 13.2. The van der Waals surface area contributed by atoms with Crippen molar-refractivity contribution in [2.24, 2.45) is 0 Å². The number of hydrogen-bond acceptors (Lipinski definition) is 13. The van der Waals surface area contributed by atoms with Gasteiger partial charge >= 0.3 is 0 Å². The molecule has 75 heavy (non-hydrogen) atoms. The fourth-order valence-corrected chi connectivity index (χ4v) is 8.58. The highest BCUT2D eigenvalue weighted by Crippen LogP contribution is 2.30. The van der Waals surface area contributed by atoms with Crippen LogP contribution in [0.4, 0.5) is 0 Å². The molecule has 14 heteroatoms. The van der Waals surface area contributed by atoms with E-state index in [9.17, 15) is 45.6 Å². The molecule has 428 valence electrons. The summed E-state index contributed by atoms with van der Waals surface area (Å²) in [6, 6.07) is -0.957. The molecule has 0 radical (unpaired) electrons. The molecule has 2 aliphatic heterocycles. The van der Waals surface area contributed by atoms with Crippen LogP contribution in [0.25, 0.3) is 0 Å². The minimum absolute atomic E-state index is 0.226. The second kappa shape index (κ2) is 45.6. The Balaban J connectivity index is 1.82. The number of unbranched alkanes of at least 4 members (excludes halogenated alkanes) is 14. The van der Waals surface area contributed by atoms with Crippen LogP contribution < -0.4 is 5.32 Å². The molecule has 0 bridgehead atoms. The lowest BCUT2D eigenvalue weighted by Crippen LogP contribution is -2.65. The molecule has 0 aromatic carbocycles. The molecule has 0 saturated carbocycles. The van der Waals surface area contributed by atoms with E-state index in [0.29, 0.717) is 12.8 Å². The number of carbonyl (C=O) groups excluding carboxylic acids is 1. The molecule has 2 rings (SSSR count). The number of amides is 1. The third kappa shape index (κ3) is 31.6. The van der Waals surface area contributed by atoms with Gasteiger partial charge in [-0.05, 0) is 89.9 Å². The Morgan fingerprint density at radius 2 is 0.933 bits per heavy atom. The van der Waals surface area contributed by atoms with Crippen LogP contribution in [0.5, 0.6) is 0 Å². The van der Waals surface area contributed by atoms with Crippen molar-refractivity contribution in [3.63, 3.8) is 0 Å². The maximum absolute atomic E-state index is 13.2. The topological polar surface area (TPSA) is 228 Å². The summed E-state index contributed by atoms with van der Waals surface area (Å²) in [6.45, 7) is 2.61. The van der Waals surface area contributed by atoms with Crippen molar-refractivity contribution in [1.82, 2.24) is 5.32 Å². The zero-order chi connectivity index (χ0) is 54.6. The van der Waals surface area contributed by atoms with Crippen molar-refractivity contribution >= 4 is 5.91 Å². The van der Waals surface area contributed by atoms with E-state index in [4.69, 9.17) is 18.9 Å². The molecule has 0 aromatic heterocycles. The molecule has 0 aromatic rings. The summed E-state index contributed by atoms with van der Waals surface area (Å²) in [7, 11) is 0. The Hall–Kier alpha value is -3.35. The minimum Gasteiger partial charge on any atom is -0.394 e. The standard InChI is InChI=1S/C61H101NO13/c1-3-5-7-9-11-13-15-17-19-21-22-23-24-25-26-27-28-29-31-33-35-37-39-41-43-45-53(66)62-49(50(65)44-42-40-38-36-34-32-30-20-18-16-14-12-10-8-6-4-2)48-72-60-58(71)56(69)59(52(47-64)74-60)75-61-57(70)55(68)54(67)51(46-63)73-61/h5,7,11,13,17,19,22-23,25-26,28-29,33-36,42,44,49-52,54-61,63-65,67-71H,3-4,6,8-10,12,14-16,18,20-21,24,27,30-32,37-41,43,45-48H2,1-2H3,(H,62,66)/b7-5-,13-11-,19-17-,23-22-,26-25-,29-28-,35-33-,36-34+,44-42+. The first-order chi connectivity index (χ1) is 36.6. The van der Waals surface area contributed by atoms with E-state index >= 15 is 0 Å². The van der Waals surface area contributed by atoms with Crippen molar-refractivity contribution < 1.29 is 64.6 Å². The number of nitrogens with one attached hydrogen (secondary N) is 1. The fraction of sp³-hybridized carbons (Fsp3) is 0.689. The predicted molar refractivity (Wildman–Crippen MR) is 299 cm³/mol. The molecule has 14 nitrogen and oxygen atoms in total. The number of allylic oxidation sites excluding steroid dienone is 17. The molecule has 2 aliphatic rings. The number of rotatable bonds is 43. The predicted octanol–water partition coefficient (Wildman–Crippen LogP) is 9.27. The van der Waals surface area contributed by atoms with Gasteiger partial charge in [-0.1, -0.05) is 187 Å². The molecule has 9 N–H and O–H groups in total. The Labute approximate surface area is 451 Å². The molecule has 12 unspecified atom stereocenters. The smallest absolute Gasteiger partial charge is 0.220 e. The molecule has 2 fully saturated rings. The summed E-state index contributed by atoms with van der Waals surface area (Å²) in [6.07, 6.45) is 46.9. The average molecular weight is 1060 g/mol. The molecular formula is C61H101NO13. The molecular weight excluding hydrogens is 955 g/mol. The van der Waals surface area contributed by atoms with Crippen LogP contribution in [0.3, 0.4) is 0 Å².